The van der Waals surface area contributed by atoms with Gasteiger partial charge in [-0.1, -0.05) is 42.5 Å². The molecule has 4 heteroatoms. The van der Waals surface area contributed by atoms with Crippen LogP contribution >= 0.6 is 0 Å². The van der Waals surface area contributed by atoms with Crippen molar-refractivity contribution in [1.82, 2.24) is 5.32 Å². The van der Waals surface area contributed by atoms with Crippen LogP contribution in [0.25, 0.3) is 16.8 Å². The van der Waals surface area contributed by atoms with Crippen LogP contribution < -0.4 is 5.32 Å². The molecule has 0 saturated heterocycles. The van der Waals surface area contributed by atoms with Crippen LogP contribution in [0.15, 0.2) is 66.7 Å². The summed E-state index contributed by atoms with van der Waals surface area (Å²) >= 11 is 0. The fraction of sp³-hybridized carbons (Fsp3) is 0.0952. The Hall–Kier alpha value is -3.01. The molecule has 2 nitrogen and oxygen atoms in total. The number of benzene rings is 3. The molecule has 1 amide bonds. The van der Waals surface area contributed by atoms with Crippen molar-refractivity contribution in [2.45, 2.75) is 13.0 Å². The SMILES string of the molecule is C[C@H](NC(=O)/C=C/c1c(F)cccc1F)c1ccc2ccccc2c1. The molecule has 0 bridgehead atoms. The molecule has 0 unspecified atom stereocenters. The van der Waals surface area contributed by atoms with Gasteiger partial charge in [0.1, 0.15) is 11.6 Å². The van der Waals surface area contributed by atoms with E-state index in [9.17, 15) is 13.6 Å². The van der Waals surface area contributed by atoms with E-state index in [1.54, 1.807) is 0 Å². The highest BCUT2D eigenvalue weighted by Crippen LogP contribution is 2.20. The maximum atomic E-state index is 13.6. The number of rotatable bonds is 4. The van der Waals surface area contributed by atoms with Gasteiger partial charge in [0.2, 0.25) is 5.91 Å². The molecule has 1 N–H and O–H groups in total. The molecular weight excluding hydrogens is 320 g/mol. The summed E-state index contributed by atoms with van der Waals surface area (Å²) in [5.74, 6) is -1.82. The van der Waals surface area contributed by atoms with E-state index in [1.165, 1.54) is 6.07 Å². The molecular formula is C21H17F2NO. The van der Waals surface area contributed by atoms with Crippen molar-refractivity contribution in [3.05, 3.63) is 89.5 Å². The van der Waals surface area contributed by atoms with Crippen LogP contribution in [-0.2, 0) is 4.79 Å². The van der Waals surface area contributed by atoms with Gasteiger partial charge in [-0.3, -0.25) is 4.79 Å². The van der Waals surface area contributed by atoms with Crippen LogP contribution in [0, 0.1) is 11.6 Å². The van der Waals surface area contributed by atoms with Crippen molar-refractivity contribution in [1.29, 1.82) is 0 Å². The Kier molecular flexibility index (Phi) is 4.89. The summed E-state index contributed by atoms with van der Waals surface area (Å²) in [5.41, 5.74) is 0.730. The zero-order valence-electron chi connectivity index (χ0n) is 13.7. The predicted octanol–water partition coefficient (Wildman–Crippen LogP) is 5.01. The lowest BCUT2D eigenvalue weighted by Crippen LogP contribution is -2.24. The first kappa shape index (κ1) is 16.8. The quantitative estimate of drug-likeness (QED) is 0.666. The molecule has 3 aromatic rings. The lowest BCUT2D eigenvalue weighted by molar-refractivity contribution is -0.117. The van der Waals surface area contributed by atoms with Crippen LogP contribution in [0.1, 0.15) is 24.1 Å². The van der Waals surface area contributed by atoms with Crippen molar-refractivity contribution >= 4 is 22.8 Å². The highest BCUT2D eigenvalue weighted by Gasteiger charge is 2.09. The zero-order chi connectivity index (χ0) is 17.8. The van der Waals surface area contributed by atoms with Crippen molar-refractivity contribution < 1.29 is 13.6 Å². The number of halogens is 2. The summed E-state index contributed by atoms with van der Waals surface area (Å²) in [6.45, 7) is 1.86. The van der Waals surface area contributed by atoms with Crippen molar-refractivity contribution in [3.63, 3.8) is 0 Å². The van der Waals surface area contributed by atoms with Crippen molar-refractivity contribution in [2.75, 3.05) is 0 Å². The smallest absolute Gasteiger partial charge is 0.244 e. The van der Waals surface area contributed by atoms with Gasteiger partial charge in [-0.2, -0.15) is 0 Å². The Morgan fingerprint density at radius 2 is 1.64 bits per heavy atom. The minimum atomic E-state index is -0.702. The third-order valence-electron chi connectivity index (χ3n) is 4.03. The molecule has 0 spiro atoms. The Balaban J connectivity index is 1.72. The minimum Gasteiger partial charge on any atom is -0.346 e. The number of amides is 1. The molecule has 0 fully saturated rings. The van der Waals surface area contributed by atoms with Gasteiger partial charge in [-0.25, -0.2) is 8.78 Å². The Morgan fingerprint density at radius 1 is 0.960 bits per heavy atom. The third kappa shape index (κ3) is 3.91. The Labute approximate surface area is 144 Å². The summed E-state index contributed by atoms with van der Waals surface area (Å²) in [7, 11) is 0. The average Bonchev–Trinajstić information content (AvgIpc) is 2.61. The van der Waals surface area contributed by atoms with Crippen LogP contribution in [0.5, 0.6) is 0 Å². The molecule has 1 atom stereocenters. The number of carbonyl (C=O) groups excluding carboxylic acids is 1. The first-order valence-electron chi connectivity index (χ1n) is 7.96. The molecule has 0 heterocycles. The lowest BCUT2D eigenvalue weighted by Gasteiger charge is -2.14. The van der Waals surface area contributed by atoms with E-state index in [1.807, 2.05) is 49.4 Å². The molecule has 3 aromatic carbocycles. The van der Waals surface area contributed by atoms with Crippen molar-refractivity contribution in [3.8, 4) is 0 Å². The summed E-state index contributed by atoms with van der Waals surface area (Å²) < 4.78 is 27.1. The second kappa shape index (κ2) is 7.26. The van der Waals surface area contributed by atoms with Crippen molar-refractivity contribution in [2.24, 2.45) is 0 Å². The van der Waals surface area contributed by atoms with E-state index >= 15 is 0 Å². The molecule has 25 heavy (non-hydrogen) atoms. The van der Waals surface area contributed by atoms with Gasteiger partial charge in [0.15, 0.2) is 0 Å². The van der Waals surface area contributed by atoms with Gasteiger partial charge >= 0.3 is 0 Å². The molecule has 126 valence electrons. The number of hydrogen-bond acceptors (Lipinski definition) is 1. The van der Waals surface area contributed by atoms with Crippen LogP contribution in [0.4, 0.5) is 8.78 Å². The van der Waals surface area contributed by atoms with E-state index in [0.717, 1.165) is 40.6 Å². The number of hydrogen-bond donors (Lipinski definition) is 1. The fourth-order valence-corrected chi connectivity index (χ4v) is 2.65. The lowest BCUT2D eigenvalue weighted by atomic mass is 10.0. The van der Waals surface area contributed by atoms with E-state index < -0.39 is 17.5 Å². The maximum absolute atomic E-state index is 13.6. The topological polar surface area (TPSA) is 29.1 Å². The van der Waals surface area contributed by atoms with Crippen LogP contribution in [0.2, 0.25) is 0 Å². The molecule has 0 radical (unpaired) electrons. The normalized spacial score (nSPS) is 12.4. The monoisotopic (exact) mass is 337 g/mol. The van der Waals surface area contributed by atoms with Gasteiger partial charge in [0.05, 0.1) is 6.04 Å². The molecule has 3 rings (SSSR count). The second-order valence-electron chi connectivity index (χ2n) is 5.81. The molecule has 0 aromatic heterocycles. The summed E-state index contributed by atoms with van der Waals surface area (Å²) in [4.78, 5) is 12.0. The molecule has 0 aliphatic heterocycles. The Bertz CT molecular complexity index is 929. The standard InChI is InChI=1S/C21H17F2NO/c1-14(16-10-9-15-5-2-3-6-17(15)13-16)24-21(25)12-11-18-19(22)7-4-8-20(18)23/h2-14H,1H3,(H,24,25)/b12-11+/t14-/m0/s1. The van der Waals surface area contributed by atoms with E-state index in [-0.39, 0.29) is 11.6 Å². The van der Waals surface area contributed by atoms with Crippen LogP contribution in [-0.4, -0.2) is 5.91 Å². The number of nitrogens with one attached hydrogen (secondary N) is 1. The van der Waals surface area contributed by atoms with E-state index in [4.69, 9.17) is 0 Å². The average molecular weight is 337 g/mol. The van der Waals surface area contributed by atoms with E-state index in [2.05, 4.69) is 5.32 Å². The highest BCUT2D eigenvalue weighted by molar-refractivity contribution is 5.92. The summed E-state index contributed by atoms with van der Waals surface area (Å²) in [6.07, 6.45) is 2.28. The predicted molar refractivity (Wildman–Crippen MR) is 95.9 cm³/mol. The zero-order valence-corrected chi connectivity index (χ0v) is 13.7. The van der Waals surface area contributed by atoms with E-state index in [0.29, 0.717) is 0 Å². The van der Waals surface area contributed by atoms with Gasteiger partial charge in [-0.05, 0) is 47.5 Å². The van der Waals surface area contributed by atoms with Gasteiger partial charge < -0.3 is 5.32 Å². The molecule has 0 aliphatic carbocycles. The summed E-state index contributed by atoms with van der Waals surface area (Å²) in [6, 6.07) is 17.3. The van der Waals surface area contributed by atoms with Gasteiger partial charge in [-0.15, -0.1) is 0 Å². The molecule has 0 saturated carbocycles. The largest absolute Gasteiger partial charge is 0.346 e. The minimum absolute atomic E-state index is 0.226. The third-order valence-corrected chi connectivity index (χ3v) is 4.03. The number of carbonyl (C=O) groups is 1. The first-order chi connectivity index (χ1) is 12.0. The highest BCUT2D eigenvalue weighted by atomic mass is 19.1. The fourth-order valence-electron chi connectivity index (χ4n) is 2.65. The number of fused-ring (bicyclic) bond motifs is 1. The second-order valence-corrected chi connectivity index (χ2v) is 5.81. The Morgan fingerprint density at radius 3 is 2.36 bits per heavy atom. The van der Waals surface area contributed by atoms with Gasteiger partial charge in [0, 0.05) is 11.6 Å². The first-order valence-corrected chi connectivity index (χ1v) is 7.96. The van der Waals surface area contributed by atoms with Gasteiger partial charge in [0.25, 0.3) is 0 Å². The summed E-state index contributed by atoms with van der Waals surface area (Å²) in [5, 5.41) is 5.01. The maximum Gasteiger partial charge on any atom is 0.244 e. The molecule has 0 aliphatic rings. The van der Waals surface area contributed by atoms with Crippen LogP contribution in [0.3, 0.4) is 0 Å².